The molecule has 1 aliphatic heterocycles. The SMILES string of the molecule is CCC1(CC)NC(=O)C(C2CC2)N(CCOC(C)C)C1=O. The van der Waals surface area contributed by atoms with Crippen molar-refractivity contribution in [1.29, 1.82) is 0 Å². The van der Waals surface area contributed by atoms with Gasteiger partial charge in [0.25, 0.3) is 0 Å². The topological polar surface area (TPSA) is 58.6 Å². The number of carbonyl (C=O) groups is 2. The predicted octanol–water partition coefficient (Wildman–Crippen LogP) is 1.71. The van der Waals surface area contributed by atoms with E-state index in [2.05, 4.69) is 5.32 Å². The van der Waals surface area contributed by atoms with E-state index >= 15 is 0 Å². The van der Waals surface area contributed by atoms with Gasteiger partial charge < -0.3 is 15.0 Å². The summed E-state index contributed by atoms with van der Waals surface area (Å²) in [5.74, 6) is 0.418. The second-order valence-electron chi connectivity index (χ2n) is 6.48. The van der Waals surface area contributed by atoms with E-state index in [1.165, 1.54) is 0 Å². The van der Waals surface area contributed by atoms with Gasteiger partial charge in [0, 0.05) is 6.54 Å². The average Bonchev–Trinajstić information content (AvgIpc) is 3.26. The van der Waals surface area contributed by atoms with E-state index in [1.807, 2.05) is 27.7 Å². The Labute approximate surface area is 127 Å². The summed E-state index contributed by atoms with van der Waals surface area (Å²) in [5.41, 5.74) is -0.722. The number of ether oxygens (including phenoxy) is 1. The molecule has 0 aromatic rings. The van der Waals surface area contributed by atoms with Gasteiger partial charge in [-0.3, -0.25) is 9.59 Å². The van der Waals surface area contributed by atoms with E-state index in [1.54, 1.807) is 4.90 Å². The van der Waals surface area contributed by atoms with Crippen LogP contribution in [0.4, 0.5) is 0 Å². The van der Waals surface area contributed by atoms with Gasteiger partial charge in [-0.05, 0) is 45.4 Å². The van der Waals surface area contributed by atoms with Crippen LogP contribution in [0.1, 0.15) is 53.4 Å². The first-order chi connectivity index (χ1) is 9.95. The average molecular weight is 296 g/mol. The lowest BCUT2D eigenvalue weighted by molar-refractivity contribution is -0.157. The normalized spacial score (nSPS) is 25.4. The molecule has 0 aromatic carbocycles. The molecule has 1 unspecified atom stereocenters. The fourth-order valence-electron chi connectivity index (χ4n) is 3.14. The van der Waals surface area contributed by atoms with Crippen LogP contribution in [-0.2, 0) is 14.3 Å². The molecule has 2 amide bonds. The molecule has 120 valence electrons. The van der Waals surface area contributed by atoms with Crippen LogP contribution in [0.3, 0.4) is 0 Å². The van der Waals surface area contributed by atoms with Gasteiger partial charge in [0.1, 0.15) is 11.6 Å². The smallest absolute Gasteiger partial charge is 0.249 e. The quantitative estimate of drug-likeness (QED) is 0.778. The first-order valence-electron chi connectivity index (χ1n) is 8.20. The van der Waals surface area contributed by atoms with Crippen molar-refractivity contribution in [3.63, 3.8) is 0 Å². The molecule has 0 spiro atoms. The van der Waals surface area contributed by atoms with Crippen molar-refractivity contribution in [1.82, 2.24) is 10.2 Å². The summed E-state index contributed by atoms with van der Waals surface area (Å²) in [4.78, 5) is 27.2. The number of amides is 2. The molecule has 1 aliphatic carbocycles. The lowest BCUT2D eigenvalue weighted by Crippen LogP contribution is -2.70. The highest BCUT2D eigenvalue weighted by atomic mass is 16.5. The second-order valence-corrected chi connectivity index (χ2v) is 6.48. The summed E-state index contributed by atoms with van der Waals surface area (Å²) in [5, 5.41) is 3.01. The third kappa shape index (κ3) is 3.23. The maximum absolute atomic E-state index is 12.9. The van der Waals surface area contributed by atoms with Gasteiger partial charge in [-0.25, -0.2) is 0 Å². The summed E-state index contributed by atoms with van der Waals surface area (Å²) in [6.45, 7) is 8.87. The molecule has 1 atom stereocenters. The molecule has 1 saturated carbocycles. The van der Waals surface area contributed by atoms with Crippen LogP contribution in [0.15, 0.2) is 0 Å². The second kappa shape index (κ2) is 6.34. The monoisotopic (exact) mass is 296 g/mol. The molecule has 5 nitrogen and oxygen atoms in total. The Kier molecular flexibility index (Phi) is 4.91. The summed E-state index contributed by atoms with van der Waals surface area (Å²) in [6, 6.07) is -0.292. The van der Waals surface area contributed by atoms with Crippen LogP contribution in [0, 0.1) is 5.92 Å². The van der Waals surface area contributed by atoms with E-state index in [9.17, 15) is 9.59 Å². The standard InChI is InChI=1S/C16H28N2O3/c1-5-16(6-2)15(20)18(9-10-21-11(3)4)13(12-7-8-12)14(19)17-16/h11-13H,5-10H2,1-4H3,(H,17,19). The third-order valence-electron chi connectivity index (χ3n) is 4.70. The molecule has 21 heavy (non-hydrogen) atoms. The molecule has 2 rings (SSSR count). The van der Waals surface area contributed by atoms with Crippen molar-refractivity contribution in [3.05, 3.63) is 0 Å². The molecule has 0 bridgehead atoms. The minimum absolute atomic E-state index is 0.0188. The Hall–Kier alpha value is -1.10. The predicted molar refractivity (Wildman–Crippen MR) is 80.8 cm³/mol. The number of piperazine rings is 1. The minimum Gasteiger partial charge on any atom is -0.377 e. The number of carbonyl (C=O) groups excluding carboxylic acids is 2. The Morgan fingerprint density at radius 3 is 2.38 bits per heavy atom. The van der Waals surface area contributed by atoms with Crippen molar-refractivity contribution in [3.8, 4) is 0 Å². The van der Waals surface area contributed by atoms with Crippen molar-refractivity contribution >= 4 is 11.8 Å². The first-order valence-corrected chi connectivity index (χ1v) is 8.20. The molecule has 5 heteroatoms. The zero-order valence-corrected chi connectivity index (χ0v) is 13.6. The number of hydrogen-bond acceptors (Lipinski definition) is 3. The van der Waals surface area contributed by atoms with E-state index in [0.29, 0.717) is 31.9 Å². The summed E-state index contributed by atoms with van der Waals surface area (Å²) < 4.78 is 5.59. The van der Waals surface area contributed by atoms with E-state index in [-0.39, 0.29) is 24.0 Å². The Balaban J connectivity index is 2.16. The third-order valence-corrected chi connectivity index (χ3v) is 4.70. The summed E-state index contributed by atoms with van der Waals surface area (Å²) >= 11 is 0. The Morgan fingerprint density at radius 2 is 1.90 bits per heavy atom. The highest BCUT2D eigenvalue weighted by Crippen LogP contribution is 2.39. The molecule has 1 heterocycles. The highest BCUT2D eigenvalue weighted by Gasteiger charge is 2.52. The van der Waals surface area contributed by atoms with Crippen molar-refractivity contribution in [2.75, 3.05) is 13.2 Å². The van der Waals surface area contributed by atoms with Gasteiger partial charge in [-0.1, -0.05) is 13.8 Å². The van der Waals surface area contributed by atoms with E-state index in [0.717, 1.165) is 12.8 Å². The van der Waals surface area contributed by atoms with Crippen molar-refractivity contribution in [2.24, 2.45) is 5.92 Å². The largest absolute Gasteiger partial charge is 0.377 e. The number of rotatable bonds is 7. The fourth-order valence-corrected chi connectivity index (χ4v) is 3.14. The van der Waals surface area contributed by atoms with Gasteiger partial charge in [0.05, 0.1) is 12.7 Å². The van der Waals surface area contributed by atoms with Crippen molar-refractivity contribution in [2.45, 2.75) is 71.1 Å². The maximum Gasteiger partial charge on any atom is 0.249 e. The molecule has 2 fully saturated rings. The lowest BCUT2D eigenvalue weighted by Gasteiger charge is -2.45. The molecule has 0 radical (unpaired) electrons. The van der Waals surface area contributed by atoms with Crippen LogP contribution in [0.25, 0.3) is 0 Å². The van der Waals surface area contributed by atoms with Crippen LogP contribution < -0.4 is 5.32 Å². The molecule has 2 aliphatic rings. The fraction of sp³-hybridized carbons (Fsp3) is 0.875. The Morgan fingerprint density at radius 1 is 1.29 bits per heavy atom. The number of hydrogen-bond donors (Lipinski definition) is 1. The molecule has 1 saturated heterocycles. The van der Waals surface area contributed by atoms with E-state index < -0.39 is 5.54 Å². The van der Waals surface area contributed by atoms with Gasteiger partial charge in [-0.15, -0.1) is 0 Å². The summed E-state index contributed by atoms with van der Waals surface area (Å²) in [7, 11) is 0. The maximum atomic E-state index is 12.9. The van der Waals surface area contributed by atoms with Gasteiger partial charge in [0.2, 0.25) is 11.8 Å². The van der Waals surface area contributed by atoms with Crippen molar-refractivity contribution < 1.29 is 14.3 Å². The molecule has 0 aromatic heterocycles. The van der Waals surface area contributed by atoms with Gasteiger partial charge in [-0.2, -0.15) is 0 Å². The highest BCUT2D eigenvalue weighted by molar-refractivity contribution is 6.00. The molecule has 1 N–H and O–H groups in total. The van der Waals surface area contributed by atoms with Gasteiger partial charge in [0.15, 0.2) is 0 Å². The van der Waals surface area contributed by atoms with E-state index in [4.69, 9.17) is 4.74 Å². The first kappa shape index (κ1) is 16.3. The molecular weight excluding hydrogens is 268 g/mol. The zero-order chi connectivity index (χ0) is 15.6. The molecular formula is C16H28N2O3. The van der Waals surface area contributed by atoms with Crippen LogP contribution in [0.2, 0.25) is 0 Å². The van der Waals surface area contributed by atoms with Gasteiger partial charge >= 0.3 is 0 Å². The van der Waals surface area contributed by atoms with Crippen LogP contribution in [-0.4, -0.2) is 47.6 Å². The Bertz CT molecular complexity index is 400. The van der Waals surface area contributed by atoms with Crippen LogP contribution >= 0.6 is 0 Å². The lowest BCUT2D eigenvalue weighted by atomic mass is 9.86. The van der Waals surface area contributed by atoms with Crippen LogP contribution in [0.5, 0.6) is 0 Å². The summed E-state index contributed by atoms with van der Waals surface area (Å²) in [6.07, 6.45) is 3.48. The number of nitrogens with zero attached hydrogens (tertiary/aromatic N) is 1. The zero-order valence-electron chi connectivity index (χ0n) is 13.6. The minimum atomic E-state index is -0.722. The number of nitrogens with one attached hydrogen (secondary N) is 1.